The van der Waals surface area contributed by atoms with E-state index >= 15 is 0 Å². The van der Waals surface area contributed by atoms with Crippen LogP contribution in [0.15, 0.2) is 4.52 Å². The molecule has 2 nitrogen and oxygen atoms in total. The molecule has 0 saturated heterocycles. The van der Waals surface area contributed by atoms with Crippen LogP contribution in [0, 0.1) is 0 Å². The Morgan fingerprint density at radius 3 is 2.12 bits per heavy atom. The van der Waals surface area contributed by atoms with Crippen LogP contribution in [0.1, 0.15) is 68.4 Å². The number of aromatic nitrogens is 1. The van der Waals surface area contributed by atoms with Gasteiger partial charge in [-0.15, -0.1) is 0 Å². The van der Waals surface area contributed by atoms with Crippen LogP contribution in [0.4, 0.5) is 0 Å². The maximum atomic E-state index is 5.50. The van der Waals surface area contributed by atoms with Crippen molar-refractivity contribution in [2.45, 2.75) is 69.5 Å². The summed E-state index contributed by atoms with van der Waals surface area (Å²) >= 11 is 3.50. The van der Waals surface area contributed by atoms with Crippen LogP contribution in [0.5, 0.6) is 0 Å². The molecule has 96 valence electrons. The minimum absolute atomic E-state index is 0.825. The second-order valence-corrected chi connectivity index (χ2v) is 5.55. The summed E-state index contributed by atoms with van der Waals surface area (Å²) in [6.07, 6.45) is 13.1. The van der Waals surface area contributed by atoms with E-state index in [1.54, 1.807) is 0 Å². The lowest BCUT2D eigenvalue weighted by molar-refractivity contribution is 0.372. The molecule has 0 spiro atoms. The Morgan fingerprint density at radius 2 is 1.47 bits per heavy atom. The van der Waals surface area contributed by atoms with Crippen LogP contribution in [0.2, 0.25) is 0 Å². The van der Waals surface area contributed by atoms with E-state index in [9.17, 15) is 0 Å². The maximum Gasteiger partial charge on any atom is 0.140 e. The first-order valence-electron chi connectivity index (χ1n) is 6.94. The van der Waals surface area contributed by atoms with Crippen molar-refractivity contribution in [1.82, 2.24) is 5.16 Å². The number of hydrogen-bond donors (Lipinski definition) is 0. The summed E-state index contributed by atoms with van der Waals surface area (Å²) in [4.78, 5) is 0. The van der Waals surface area contributed by atoms with Crippen LogP contribution in [-0.2, 0) is 18.2 Å². The molecular formula is C14H22BrNO. The van der Waals surface area contributed by atoms with Gasteiger partial charge in [0.25, 0.3) is 0 Å². The van der Waals surface area contributed by atoms with Crippen molar-refractivity contribution >= 4 is 15.9 Å². The van der Waals surface area contributed by atoms with E-state index < -0.39 is 0 Å². The predicted molar refractivity (Wildman–Crippen MR) is 73.5 cm³/mol. The van der Waals surface area contributed by atoms with E-state index in [0.717, 1.165) is 29.6 Å². The molecule has 0 atom stereocenters. The van der Waals surface area contributed by atoms with Gasteiger partial charge in [-0.3, -0.25) is 0 Å². The van der Waals surface area contributed by atoms with Gasteiger partial charge >= 0.3 is 0 Å². The third-order valence-electron chi connectivity index (χ3n) is 3.66. The number of fused-ring (bicyclic) bond motifs is 1. The summed E-state index contributed by atoms with van der Waals surface area (Å²) in [5.74, 6) is 1.15. The smallest absolute Gasteiger partial charge is 0.140 e. The molecule has 1 aromatic rings. The number of halogens is 1. The number of nitrogens with zero attached hydrogens (tertiary/aromatic N) is 1. The first kappa shape index (κ1) is 13.1. The summed E-state index contributed by atoms with van der Waals surface area (Å²) in [5, 5.41) is 5.01. The molecule has 0 aliphatic heterocycles. The zero-order valence-corrected chi connectivity index (χ0v) is 12.1. The molecule has 1 heterocycles. The van der Waals surface area contributed by atoms with Crippen molar-refractivity contribution in [2.75, 3.05) is 0 Å². The average molecular weight is 300 g/mol. The summed E-state index contributed by atoms with van der Waals surface area (Å²) in [5.41, 5.74) is 2.51. The Labute approximate surface area is 112 Å². The summed E-state index contributed by atoms with van der Waals surface area (Å²) in [7, 11) is 0. The SMILES string of the molecule is BrCc1noc2c1CCCCCCCCCC2. The topological polar surface area (TPSA) is 26.0 Å². The van der Waals surface area contributed by atoms with Gasteiger partial charge < -0.3 is 4.52 Å². The first-order valence-corrected chi connectivity index (χ1v) is 8.06. The van der Waals surface area contributed by atoms with E-state index in [1.165, 1.54) is 56.9 Å². The van der Waals surface area contributed by atoms with Crippen molar-refractivity contribution in [3.8, 4) is 0 Å². The predicted octanol–water partition coefficient (Wildman–Crippen LogP) is 4.79. The molecule has 0 amide bonds. The molecule has 0 fully saturated rings. The Hall–Kier alpha value is -0.310. The minimum Gasteiger partial charge on any atom is -0.361 e. The largest absolute Gasteiger partial charge is 0.361 e. The molecule has 0 N–H and O–H groups in total. The standard InChI is InChI=1S/C14H22BrNO/c15-11-13-12-9-7-5-3-1-2-4-6-8-10-14(12)17-16-13/h1-11H2. The Balaban J connectivity index is 2.04. The Bertz CT molecular complexity index is 335. The van der Waals surface area contributed by atoms with Gasteiger partial charge in [-0.1, -0.05) is 59.6 Å². The zero-order chi connectivity index (χ0) is 11.9. The molecule has 0 bridgehead atoms. The Morgan fingerprint density at radius 1 is 0.882 bits per heavy atom. The van der Waals surface area contributed by atoms with Crippen molar-refractivity contribution < 1.29 is 4.52 Å². The highest BCUT2D eigenvalue weighted by Gasteiger charge is 2.14. The monoisotopic (exact) mass is 299 g/mol. The lowest BCUT2D eigenvalue weighted by Crippen LogP contribution is -1.96. The molecular weight excluding hydrogens is 278 g/mol. The molecule has 0 radical (unpaired) electrons. The minimum atomic E-state index is 0.825. The van der Waals surface area contributed by atoms with Gasteiger partial charge in [0.15, 0.2) is 0 Å². The first-order chi connectivity index (χ1) is 8.42. The Kier molecular flexibility index (Phi) is 5.56. The molecule has 1 aliphatic carbocycles. The fourth-order valence-corrected chi connectivity index (χ4v) is 3.06. The van der Waals surface area contributed by atoms with E-state index in [2.05, 4.69) is 21.1 Å². The fourth-order valence-electron chi connectivity index (χ4n) is 2.61. The van der Waals surface area contributed by atoms with Gasteiger partial charge in [0.05, 0.1) is 5.69 Å². The highest BCUT2D eigenvalue weighted by molar-refractivity contribution is 9.08. The molecule has 0 saturated carbocycles. The van der Waals surface area contributed by atoms with Crippen LogP contribution in [-0.4, -0.2) is 5.16 Å². The van der Waals surface area contributed by atoms with Gasteiger partial charge in [-0.05, 0) is 19.3 Å². The van der Waals surface area contributed by atoms with E-state index in [0.29, 0.717) is 0 Å². The molecule has 1 aliphatic rings. The van der Waals surface area contributed by atoms with E-state index in [-0.39, 0.29) is 0 Å². The van der Waals surface area contributed by atoms with E-state index in [4.69, 9.17) is 4.52 Å². The highest BCUT2D eigenvalue weighted by Crippen LogP contribution is 2.23. The lowest BCUT2D eigenvalue weighted by atomic mass is 9.99. The third-order valence-corrected chi connectivity index (χ3v) is 4.19. The number of hydrogen-bond acceptors (Lipinski definition) is 2. The van der Waals surface area contributed by atoms with Gasteiger partial charge in [-0.2, -0.15) is 0 Å². The van der Waals surface area contributed by atoms with Crippen molar-refractivity contribution in [1.29, 1.82) is 0 Å². The number of rotatable bonds is 1. The molecule has 17 heavy (non-hydrogen) atoms. The van der Waals surface area contributed by atoms with Crippen molar-refractivity contribution in [3.63, 3.8) is 0 Å². The lowest BCUT2D eigenvalue weighted by Gasteiger charge is -2.06. The normalized spacial score (nSPS) is 19.1. The van der Waals surface area contributed by atoms with Crippen LogP contribution in [0.3, 0.4) is 0 Å². The summed E-state index contributed by atoms with van der Waals surface area (Å²) in [6, 6.07) is 0. The van der Waals surface area contributed by atoms with E-state index in [1.807, 2.05) is 0 Å². The average Bonchev–Trinajstić information content (AvgIpc) is 2.71. The molecule has 3 heteroatoms. The summed E-state index contributed by atoms with van der Waals surface area (Å²) < 4.78 is 5.50. The maximum absolute atomic E-state index is 5.50. The molecule has 0 aromatic carbocycles. The number of aryl methyl sites for hydroxylation is 1. The van der Waals surface area contributed by atoms with Crippen molar-refractivity contribution in [2.24, 2.45) is 0 Å². The molecule has 2 rings (SSSR count). The third kappa shape index (κ3) is 3.84. The van der Waals surface area contributed by atoms with Gasteiger partial charge in [0.2, 0.25) is 0 Å². The second kappa shape index (κ2) is 7.20. The van der Waals surface area contributed by atoms with Crippen LogP contribution in [0.25, 0.3) is 0 Å². The molecule has 0 unspecified atom stereocenters. The van der Waals surface area contributed by atoms with Crippen LogP contribution >= 0.6 is 15.9 Å². The van der Waals surface area contributed by atoms with Gasteiger partial charge in [0, 0.05) is 17.3 Å². The van der Waals surface area contributed by atoms with Crippen LogP contribution < -0.4 is 0 Å². The summed E-state index contributed by atoms with van der Waals surface area (Å²) in [6.45, 7) is 0. The quantitative estimate of drug-likeness (QED) is 0.697. The fraction of sp³-hybridized carbons (Fsp3) is 0.786. The second-order valence-electron chi connectivity index (χ2n) is 4.99. The van der Waals surface area contributed by atoms with Gasteiger partial charge in [0.1, 0.15) is 5.76 Å². The number of alkyl halides is 1. The van der Waals surface area contributed by atoms with Gasteiger partial charge in [-0.25, -0.2) is 0 Å². The zero-order valence-electron chi connectivity index (χ0n) is 10.5. The molecule has 1 aromatic heterocycles. The highest BCUT2D eigenvalue weighted by atomic mass is 79.9. The van der Waals surface area contributed by atoms with Crippen molar-refractivity contribution in [3.05, 3.63) is 17.0 Å².